The molecule has 20 heavy (non-hydrogen) atoms. The van der Waals surface area contributed by atoms with Gasteiger partial charge in [0, 0.05) is 12.2 Å². The SMILES string of the molecule is CCCN(CC(=O)OC)C(=O)c1cc(N)cc(C)c1F. The number of carbonyl (C=O) groups is 2. The Bertz CT molecular complexity index is 517. The normalized spacial score (nSPS) is 10.2. The number of esters is 1. The summed E-state index contributed by atoms with van der Waals surface area (Å²) in [6, 6.07) is 2.74. The second-order valence-corrected chi connectivity index (χ2v) is 4.50. The van der Waals surface area contributed by atoms with Crippen LogP contribution in [0.5, 0.6) is 0 Å². The van der Waals surface area contributed by atoms with Crippen LogP contribution in [0.15, 0.2) is 12.1 Å². The van der Waals surface area contributed by atoms with Crippen molar-refractivity contribution in [1.29, 1.82) is 0 Å². The maximum atomic E-state index is 14.0. The number of anilines is 1. The van der Waals surface area contributed by atoms with Crippen molar-refractivity contribution in [2.75, 3.05) is 25.9 Å². The Morgan fingerprint density at radius 1 is 1.40 bits per heavy atom. The third-order valence-electron chi connectivity index (χ3n) is 2.84. The molecule has 5 nitrogen and oxygen atoms in total. The van der Waals surface area contributed by atoms with Gasteiger partial charge in [-0.1, -0.05) is 6.92 Å². The van der Waals surface area contributed by atoms with Gasteiger partial charge < -0.3 is 15.4 Å². The number of ether oxygens (including phenoxy) is 1. The van der Waals surface area contributed by atoms with Crippen molar-refractivity contribution in [3.63, 3.8) is 0 Å². The molecule has 0 fully saturated rings. The van der Waals surface area contributed by atoms with E-state index in [4.69, 9.17) is 5.73 Å². The molecular weight excluding hydrogens is 263 g/mol. The minimum atomic E-state index is -0.616. The zero-order chi connectivity index (χ0) is 15.3. The van der Waals surface area contributed by atoms with Crippen LogP contribution in [-0.2, 0) is 9.53 Å². The smallest absolute Gasteiger partial charge is 0.325 e. The summed E-state index contributed by atoms with van der Waals surface area (Å²) in [6.45, 7) is 3.52. The van der Waals surface area contributed by atoms with Crippen LogP contribution in [0.1, 0.15) is 29.3 Å². The van der Waals surface area contributed by atoms with Crippen molar-refractivity contribution in [2.45, 2.75) is 20.3 Å². The lowest BCUT2D eigenvalue weighted by Crippen LogP contribution is -2.37. The number of hydrogen-bond acceptors (Lipinski definition) is 4. The van der Waals surface area contributed by atoms with Crippen molar-refractivity contribution >= 4 is 17.6 Å². The number of benzene rings is 1. The van der Waals surface area contributed by atoms with E-state index in [-0.39, 0.29) is 12.1 Å². The number of rotatable bonds is 5. The predicted octanol–water partition coefficient (Wildman–Crippen LogP) is 1.74. The third kappa shape index (κ3) is 3.69. The summed E-state index contributed by atoms with van der Waals surface area (Å²) >= 11 is 0. The first-order valence-electron chi connectivity index (χ1n) is 6.32. The lowest BCUT2D eigenvalue weighted by atomic mass is 10.1. The summed E-state index contributed by atoms with van der Waals surface area (Å²) in [6.07, 6.45) is 0.644. The molecule has 0 saturated heterocycles. The largest absolute Gasteiger partial charge is 0.468 e. The number of methoxy groups -OCH3 is 1. The molecule has 2 N–H and O–H groups in total. The van der Waals surface area contributed by atoms with Crippen molar-refractivity contribution in [3.05, 3.63) is 29.1 Å². The van der Waals surface area contributed by atoms with E-state index in [0.29, 0.717) is 24.2 Å². The van der Waals surface area contributed by atoms with E-state index < -0.39 is 17.7 Å². The second-order valence-electron chi connectivity index (χ2n) is 4.50. The number of halogens is 1. The Morgan fingerprint density at radius 3 is 2.60 bits per heavy atom. The Balaban J connectivity index is 3.09. The van der Waals surface area contributed by atoms with Gasteiger partial charge in [0.05, 0.1) is 12.7 Å². The van der Waals surface area contributed by atoms with Crippen molar-refractivity contribution < 1.29 is 18.7 Å². The van der Waals surface area contributed by atoms with Gasteiger partial charge in [0.25, 0.3) is 5.91 Å². The standard InChI is InChI=1S/C14H19FN2O3/c1-4-5-17(8-12(18)20-3)14(19)11-7-10(16)6-9(2)13(11)15/h6-7H,4-5,8,16H2,1-3H3. The third-order valence-corrected chi connectivity index (χ3v) is 2.84. The highest BCUT2D eigenvalue weighted by Crippen LogP contribution is 2.19. The molecule has 0 aliphatic heterocycles. The Labute approximate surface area is 117 Å². The average Bonchev–Trinajstić information content (AvgIpc) is 2.41. The van der Waals surface area contributed by atoms with Gasteiger partial charge in [0.1, 0.15) is 12.4 Å². The molecular formula is C14H19FN2O3. The quantitative estimate of drug-likeness (QED) is 0.659. The van der Waals surface area contributed by atoms with Gasteiger partial charge in [-0.2, -0.15) is 0 Å². The van der Waals surface area contributed by atoms with Gasteiger partial charge in [-0.3, -0.25) is 9.59 Å². The van der Waals surface area contributed by atoms with Gasteiger partial charge >= 0.3 is 5.97 Å². The van der Waals surface area contributed by atoms with E-state index in [1.165, 1.54) is 31.1 Å². The monoisotopic (exact) mass is 282 g/mol. The fourth-order valence-corrected chi connectivity index (χ4v) is 1.87. The summed E-state index contributed by atoms with van der Waals surface area (Å²) in [4.78, 5) is 24.9. The summed E-state index contributed by atoms with van der Waals surface area (Å²) in [5.41, 5.74) is 6.11. The highest BCUT2D eigenvalue weighted by molar-refractivity contribution is 5.97. The topological polar surface area (TPSA) is 72.6 Å². The van der Waals surface area contributed by atoms with Crippen LogP contribution < -0.4 is 5.73 Å². The zero-order valence-corrected chi connectivity index (χ0v) is 11.9. The van der Waals surface area contributed by atoms with E-state index in [2.05, 4.69) is 4.74 Å². The molecule has 1 aromatic carbocycles. The fraction of sp³-hybridized carbons (Fsp3) is 0.429. The van der Waals surface area contributed by atoms with Crippen LogP contribution in [0, 0.1) is 12.7 Å². The molecule has 0 atom stereocenters. The number of nitrogens with two attached hydrogens (primary N) is 1. The maximum Gasteiger partial charge on any atom is 0.325 e. The van der Waals surface area contributed by atoms with Crippen molar-refractivity contribution in [3.8, 4) is 0 Å². The summed E-state index contributed by atoms with van der Waals surface area (Å²) in [5.74, 6) is -1.73. The van der Waals surface area contributed by atoms with Gasteiger partial charge in [-0.05, 0) is 31.0 Å². The van der Waals surface area contributed by atoms with E-state index in [9.17, 15) is 14.0 Å². The molecule has 0 aliphatic rings. The minimum Gasteiger partial charge on any atom is -0.468 e. The molecule has 0 heterocycles. The van der Waals surface area contributed by atoms with E-state index in [1.54, 1.807) is 0 Å². The van der Waals surface area contributed by atoms with Crippen LogP contribution in [-0.4, -0.2) is 37.0 Å². The number of nitrogens with zero attached hydrogens (tertiary/aromatic N) is 1. The lowest BCUT2D eigenvalue weighted by Gasteiger charge is -2.21. The summed E-state index contributed by atoms with van der Waals surface area (Å²) in [5, 5.41) is 0. The van der Waals surface area contributed by atoms with Gasteiger partial charge in [0.2, 0.25) is 0 Å². The molecule has 0 radical (unpaired) electrons. The van der Waals surface area contributed by atoms with Crippen LogP contribution in [0.25, 0.3) is 0 Å². The average molecular weight is 282 g/mol. The van der Waals surface area contributed by atoms with Crippen LogP contribution in [0.2, 0.25) is 0 Å². The molecule has 1 aromatic rings. The molecule has 0 aliphatic carbocycles. The van der Waals surface area contributed by atoms with Gasteiger partial charge in [-0.25, -0.2) is 4.39 Å². The first kappa shape index (κ1) is 15.9. The molecule has 6 heteroatoms. The molecule has 0 bridgehead atoms. The van der Waals surface area contributed by atoms with Gasteiger partial charge in [0.15, 0.2) is 0 Å². The van der Waals surface area contributed by atoms with Crippen molar-refractivity contribution in [1.82, 2.24) is 4.90 Å². The van der Waals surface area contributed by atoms with E-state index in [0.717, 1.165) is 0 Å². The first-order chi connectivity index (χ1) is 9.40. The van der Waals surface area contributed by atoms with Crippen LogP contribution in [0.3, 0.4) is 0 Å². The van der Waals surface area contributed by atoms with Gasteiger partial charge in [-0.15, -0.1) is 0 Å². The highest BCUT2D eigenvalue weighted by Gasteiger charge is 2.22. The number of nitrogen functional groups attached to an aromatic ring is 1. The van der Waals surface area contributed by atoms with E-state index >= 15 is 0 Å². The zero-order valence-electron chi connectivity index (χ0n) is 11.9. The van der Waals surface area contributed by atoms with Crippen molar-refractivity contribution in [2.24, 2.45) is 0 Å². The number of hydrogen-bond donors (Lipinski definition) is 1. The molecule has 0 aromatic heterocycles. The molecule has 1 amide bonds. The fourth-order valence-electron chi connectivity index (χ4n) is 1.87. The molecule has 0 unspecified atom stereocenters. The van der Waals surface area contributed by atoms with E-state index in [1.807, 2.05) is 6.92 Å². The molecule has 0 saturated carbocycles. The maximum absolute atomic E-state index is 14.0. The minimum absolute atomic E-state index is 0.125. The molecule has 0 spiro atoms. The summed E-state index contributed by atoms with van der Waals surface area (Å²) in [7, 11) is 1.24. The Kier molecular flexibility index (Phi) is 5.49. The highest BCUT2D eigenvalue weighted by atomic mass is 19.1. The first-order valence-corrected chi connectivity index (χ1v) is 6.32. The molecule has 1 rings (SSSR count). The molecule has 110 valence electrons. The predicted molar refractivity (Wildman–Crippen MR) is 73.8 cm³/mol. The number of carbonyl (C=O) groups excluding carboxylic acids is 2. The second kappa shape index (κ2) is 6.88. The lowest BCUT2D eigenvalue weighted by molar-refractivity contribution is -0.141. The Morgan fingerprint density at radius 2 is 2.05 bits per heavy atom. The van der Waals surface area contributed by atoms with Crippen LogP contribution >= 0.6 is 0 Å². The number of amides is 1. The Hall–Kier alpha value is -2.11. The van der Waals surface area contributed by atoms with Crippen LogP contribution in [0.4, 0.5) is 10.1 Å². The number of aryl methyl sites for hydroxylation is 1. The summed E-state index contributed by atoms with van der Waals surface area (Å²) < 4.78 is 18.6.